The van der Waals surface area contributed by atoms with Crippen LogP contribution in [0.5, 0.6) is 17.2 Å². The Labute approximate surface area is 162 Å². The first-order valence-electron chi connectivity index (χ1n) is 8.87. The van der Waals surface area contributed by atoms with E-state index < -0.39 is 5.97 Å². The fourth-order valence-corrected chi connectivity index (χ4v) is 2.84. The number of fused-ring (bicyclic) bond motifs is 1. The van der Waals surface area contributed by atoms with E-state index in [0.29, 0.717) is 31.7 Å². The Morgan fingerprint density at radius 2 is 1.79 bits per heavy atom. The third-order valence-corrected chi connectivity index (χ3v) is 4.25. The zero-order valence-corrected chi connectivity index (χ0v) is 15.5. The number of hydrogen-bond donors (Lipinski definition) is 3. The number of hydrogen-bond acceptors (Lipinski definition) is 5. The van der Waals surface area contributed by atoms with E-state index in [9.17, 15) is 14.7 Å². The molecule has 0 spiro atoms. The molecule has 0 fully saturated rings. The molecule has 0 bridgehead atoms. The van der Waals surface area contributed by atoms with Crippen LogP contribution in [0.1, 0.15) is 21.5 Å². The summed E-state index contributed by atoms with van der Waals surface area (Å²) < 4.78 is 16.0. The number of urea groups is 1. The minimum atomic E-state index is -1.08. The average molecular weight is 386 g/mol. The van der Waals surface area contributed by atoms with Gasteiger partial charge < -0.3 is 30.0 Å². The van der Waals surface area contributed by atoms with Gasteiger partial charge in [-0.15, -0.1) is 0 Å². The van der Waals surface area contributed by atoms with Gasteiger partial charge in [0, 0.05) is 13.1 Å². The number of carbonyl (C=O) groups is 2. The second kappa shape index (κ2) is 8.98. The molecule has 1 heterocycles. The Morgan fingerprint density at radius 1 is 1.04 bits per heavy atom. The van der Waals surface area contributed by atoms with Crippen LogP contribution in [0.3, 0.4) is 0 Å². The monoisotopic (exact) mass is 386 g/mol. The molecule has 0 aliphatic carbocycles. The number of carbonyl (C=O) groups excluding carboxylic acids is 1. The van der Waals surface area contributed by atoms with Gasteiger partial charge in [0.1, 0.15) is 24.5 Å². The Morgan fingerprint density at radius 3 is 2.54 bits per heavy atom. The van der Waals surface area contributed by atoms with E-state index in [0.717, 1.165) is 17.1 Å². The summed E-state index contributed by atoms with van der Waals surface area (Å²) >= 11 is 0. The van der Waals surface area contributed by atoms with E-state index in [1.807, 2.05) is 18.2 Å². The molecule has 0 unspecified atom stereocenters. The number of carboxylic acids is 1. The Balaban J connectivity index is 1.46. The number of nitrogens with one attached hydrogen (secondary N) is 2. The average Bonchev–Trinajstić information content (AvgIpc) is 2.72. The second-order valence-corrected chi connectivity index (χ2v) is 6.18. The summed E-state index contributed by atoms with van der Waals surface area (Å²) in [6, 6.07) is 10.2. The quantitative estimate of drug-likeness (QED) is 0.674. The summed E-state index contributed by atoms with van der Waals surface area (Å²) in [5, 5.41) is 14.7. The first-order chi connectivity index (χ1) is 13.6. The smallest absolute Gasteiger partial charge is 0.339 e. The second-order valence-electron chi connectivity index (χ2n) is 6.18. The van der Waals surface area contributed by atoms with E-state index in [2.05, 4.69) is 10.6 Å². The third-order valence-electron chi connectivity index (χ3n) is 4.25. The van der Waals surface area contributed by atoms with E-state index >= 15 is 0 Å². The molecule has 2 amide bonds. The molecule has 0 saturated carbocycles. The van der Waals surface area contributed by atoms with E-state index in [1.165, 1.54) is 13.2 Å². The van der Waals surface area contributed by atoms with Gasteiger partial charge >= 0.3 is 12.0 Å². The highest BCUT2D eigenvalue weighted by Crippen LogP contribution is 2.30. The lowest BCUT2D eigenvalue weighted by atomic mass is 10.1. The van der Waals surface area contributed by atoms with Crippen LogP contribution in [0.4, 0.5) is 4.79 Å². The highest BCUT2D eigenvalue weighted by atomic mass is 16.6. The topological polar surface area (TPSA) is 106 Å². The molecule has 1 aliphatic heterocycles. The molecule has 0 atom stereocenters. The van der Waals surface area contributed by atoms with Gasteiger partial charge in [0.25, 0.3) is 0 Å². The van der Waals surface area contributed by atoms with Crippen molar-refractivity contribution in [3.8, 4) is 17.2 Å². The lowest BCUT2D eigenvalue weighted by Gasteiger charge is -2.18. The van der Waals surface area contributed by atoms with Crippen LogP contribution in [0.25, 0.3) is 0 Å². The fourth-order valence-electron chi connectivity index (χ4n) is 2.84. The standard InChI is InChI=1S/C20H22N2O6/c1-26-16-4-3-14(10-15(16)19(23)24)12-22-20(25)21-7-6-13-2-5-17-18(11-13)28-9-8-27-17/h2-5,10-11H,6-9,12H2,1H3,(H,23,24)(H2,21,22,25). The Kier molecular flexibility index (Phi) is 6.21. The van der Waals surface area contributed by atoms with Crippen molar-refractivity contribution in [2.45, 2.75) is 13.0 Å². The lowest BCUT2D eigenvalue weighted by Crippen LogP contribution is -2.36. The first-order valence-corrected chi connectivity index (χ1v) is 8.87. The van der Waals surface area contributed by atoms with Gasteiger partial charge in [-0.05, 0) is 41.8 Å². The van der Waals surface area contributed by atoms with Gasteiger partial charge in [0.05, 0.1) is 7.11 Å². The molecule has 148 valence electrons. The summed E-state index contributed by atoms with van der Waals surface area (Å²) in [6.45, 7) is 1.75. The molecule has 3 N–H and O–H groups in total. The van der Waals surface area contributed by atoms with Gasteiger partial charge in [-0.3, -0.25) is 0 Å². The van der Waals surface area contributed by atoms with Crippen molar-refractivity contribution in [3.63, 3.8) is 0 Å². The van der Waals surface area contributed by atoms with Crippen molar-refractivity contribution >= 4 is 12.0 Å². The van der Waals surface area contributed by atoms with Crippen LogP contribution in [0, 0.1) is 0 Å². The summed E-state index contributed by atoms with van der Waals surface area (Å²) in [5.74, 6) is 0.658. The molecule has 1 aliphatic rings. The van der Waals surface area contributed by atoms with Gasteiger partial charge in [-0.1, -0.05) is 12.1 Å². The molecule has 28 heavy (non-hydrogen) atoms. The molecule has 2 aromatic rings. The molecular formula is C20H22N2O6. The van der Waals surface area contributed by atoms with Crippen LogP contribution in [0.2, 0.25) is 0 Å². The van der Waals surface area contributed by atoms with Crippen LogP contribution >= 0.6 is 0 Å². The Hall–Kier alpha value is -3.42. The number of rotatable bonds is 7. The van der Waals surface area contributed by atoms with Crippen LogP contribution in [0.15, 0.2) is 36.4 Å². The Bertz CT molecular complexity index is 868. The van der Waals surface area contributed by atoms with E-state index in [1.54, 1.807) is 12.1 Å². The number of methoxy groups -OCH3 is 1. The van der Waals surface area contributed by atoms with Gasteiger partial charge in [0.2, 0.25) is 0 Å². The molecule has 0 radical (unpaired) electrons. The molecule has 3 rings (SSSR count). The van der Waals surface area contributed by atoms with E-state index in [4.69, 9.17) is 14.2 Å². The highest BCUT2D eigenvalue weighted by molar-refractivity contribution is 5.91. The van der Waals surface area contributed by atoms with Crippen molar-refractivity contribution in [2.24, 2.45) is 0 Å². The fraction of sp³-hybridized carbons (Fsp3) is 0.300. The van der Waals surface area contributed by atoms with Crippen LogP contribution in [-0.4, -0.2) is 44.0 Å². The summed E-state index contributed by atoms with van der Waals surface area (Å²) in [4.78, 5) is 23.2. The number of carboxylic acid groups (broad SMARTS) is 1. The van der Waals surface area contributed by atoms with Crippen LogP contribution in [-0.2, 0) is 13.0 Å². The SMILES string of the molecule is COc1ccc(CNC(=O)NCCc2ccc3c(c2)OCCO3)cc1C(=O)O. The molecule has 0 aromatic heterocycles. The number of aromatic carboxylic acids is 1. The summed E-state index contributed by atoms with van der Waals surface area (Å²) in [7, 11) is 1.41. The third kappa shape index (κ3) is 4.85. The van der Waals surface area contributed by atoms with Gasteiger partial charge in [-0.25, -0.2) is 9.59 Å². The van der Waals surface area contributed by atoms with Crippen molar-refractivity contribution in [3.05, 3.63) is 53.1 Å². The predicted molar refractivity (Wildman–Crippen MR) is 101 cm³/mol. The maximum Gasteiger partial charge on any atom is 0.339 e. The van der Waals surface area contributed by atoms with Crippen LogP contribution < -0.4 is 24.8 Å². The number of benzene rings is 2. The molecular weight excluding hydrogens is 364 g/mol. The predicted octanol–water partition coefficient (Wildman–Crippen LogP) is 2.21. The summed E-state index contributed by atoms with van der Waals surface area (Å²) in [5.41, 5.74) is 1.76. The van der Waals surface area contributed by atoms with Gasteiger partial charge in [0.15, 0.2) is 11.5 Å². The zero-order chi connectivity index (χ0) is 19.9. The normalized spacial score (nSPS) is 12.2. The molecule has 0 saturated heterocycles. The van der Waals surface area contributed by atoms with Crippen molar-refractivity contribution in [2.75, 3.05) is 26.9 Å². The summed E-state index contributed by atoms with van der Waals surface area (Å²) in [6.07, 6.45) is 0.649. The largest absolute Gasteiger partial charge is 0.496 e. The molecule has 8 heteroatoms. The molecule has 8 nitrogen and oxygen atoms in total. The molecule has 2 aromatic carbocycles. The maximum atomic E-state index is 12.0. The van der Waals surface area contributed by atoms with E-state index in [-0.39, 0.29) is 23.9 Å². The number of ether oxygens (including phenoxy) is 3. The number of amides is 2. The van der Waals surface area contributed by atoms with Crippen molar-refractivity contribution in [1.29, 1.82) is 0 Å². The van der Waals surface area contributed by atoms with Gasteiger partial charge in [-0.2, -0.15) is 0 Å². The highest BCUT2D eigenvalue weighted by Gasteiger charge is 2.13. The minimum absolute atomic E-state index is 0.0563. The zero-order valence-electron chi connectivity index (χ0n) is 15.5. The lowest BCUT2D eigenvalue weighted by molar-refractivity contribution is 0.0693. The maximum absolute atomic E-state index is 12.0. The van der Waals surface area contributed by atoms with Crippen molar-refractivity contribution < 1.29 is 28.9 Å². The minimum Gasteiger partial charge on any atom is -0.496 e. The first kappa shape index (κ1) is 19.3. The van der Waals surface area contributed by atoms with Crippen molar-refractivity contribution in [1.82, 2.24) is 10.6 Å².